The molecule has 0 aliphatic rings. The van der Waals surface area contributed by atoms with Crippen molar-refractivity contribution in [3.05, 3.63) is 104 Å². The summed E-state index contributed by atoms with van der Waals surface area (Å²) in [6, 6.07) is 16.6. The van der Waals surface area contributed by atoms with Crippen LogP contribution in [0.1, 0.15) is 33.2 Å². The van der Waals surface area contributed by atoms with E-state index in [4.69, 9.17) is 23.2 Å². The number of amides is 2. The molecule has 10 heteroatoms. The van der Waals surface area contributed by atoms with Crippen LogP contribution in [0, 0.1) is 10.1 Å². The molecule has 0 bridgehead atoms. The molecule has 0 radical (unpaired) electrons. The predicted molar refractivity (Wildman–Crippen MR) is 124 cm³/mol. The van der Waals surface area contributed by atoms with E-state index in [1.807, 2.05) is 0 Å². The molecule has 8 nitrogen and oxygen atoms in total. The summed E-state index contributed by atoms with van der Waals surface area (Å²) in [5.74, 6) is -0.872. The molecular weight excluding hydrogens is 455 g/mol. The lowest BCUT2D eigenvalue weighted by molar-refractivity contribution is -0.384. The van der Waals surface area contributed by atoms with Crippen LogP contribution in [0.25, 0.3) is 0 Å². The minimum absolute atomic E-state index is 0.105. The third-order valence-electron chi connectivity index (χ3n) is 4.40. The Morgan fingerprint density at radius 1 is 0.906 bits per heavy atom. The minimum atomic E-state index is -0.542. The number of nitrogens with one attached hydrogen (secondary N) is 2. The average Bonchev–Trinajstić information content (AvgIpc) is 2.77. The van der Waals surface area contributed by atoms with Crippen LogP contribution in [0.5, 0.6) is 0 Å². The zero-order chi connectivity index (χ0) is 23.3. The quantitative estimate of drug-likeness (QED) is 0.288. The number of nitro benzene ring substituents is 1. The van der Waals surface area contributed by atoms with Gasteiger partial charge in [-0.25, -0.2) is 5.43 Å². The average molecular weight is 471 g/mol. The lowest BCUT2D eigenvalue weighted by atomic mass is 10.1. The van der Waals surface area contributed by atoms with E-state index in [1.54, 1.807) is 43.3 Å². The Hall–Kier alpha value is -3.75. The lowest BCUT2D eigenvalue weighted by Gasteiger charge is -2.08. The van der Waals surface area contributed by atoms with Crippen molar-refractivity contribution in [3.8, 4) is 0 Å². The number of benzene rings is 3. The molecule has 0 spiro atoms. The van der Waals surface area contributed by atoms with Crippen LogP contribution in [0.3, 0.4) is 0 Å². The first kappa shape index (κ1) is 22.9. The zero-order valence-electron chi connectivity index (χ0n) is 16.6. The minimum Gasteiger partial charge on any atom is -0.322 e. The first-order valence-corrected chi connectivity index (χ1v) is 9.96. The van der Waals surface area contributed by atoms with E-state index in [2.05, 4.69) is 15.8 Å². The second-order valence-corrected chi connectivity index (χ2v) is 7.44. The summed E-state index contributed by atoms with van der Waals surface area (Å²) >= 11 is 11.9. The van der Waals surface area contributed by atoms with Gasteiger partial charge in [-0.1, -0.05) is 35.3 Å². The summed E-state index contributed by atoms with van der Waals surface area (Å²) in [7, 11) is 0. The van der Waals surface area contributed by atoms with Crippen molar-refractivity contribution in [2.45, 2.75) is 6.92 Å². The highest BCUT2D eigenvalue weighted by atomic mass is 35.5. The van der Waals surface area contributed by atoms with Gasteiger partial charge in [0, 0.05) is 28.4 Å². The van der Waals surface area contributed by atoms with E-state index in [-0.39, 0.29) is 22.2 Å². The molecular formula is C22H16Cl2N4O4. The SMILES string of the molecule is C/C(=N/NC(=O)c1ccc([N+](=O)[O-])cc1)c1ccc(NC(=O)c2ccc(Cl)cc2Cl)cc1. The van der Waals surface area contributed by atoms with Gasteiger partial charge in [-0.2, -0.15) is 5.10 Å². The third-order valence-corrected chi connectivity index (χ3v) is 4.95. The van der Waals surface area contributed by atoms with Gasteiger partial charge in [0.25, 0.3) is 17.5 Å². The van der Waals surface area contributed by atoms with Gasteiger partial charge >= 0.3 is 0 Å². The van der Waals surface area contributed by atoms with Gasteiger partial charge in [0.1, 0.15) is 0 Å². The Morgan fingerprint density at radius 2 is 1.53 bits per heavy atom. The van der Waals surface area contributed by atoms with Crippen LogP contribution in [-0.4, -0.2) is 22.4 Å². The Labute approximate surface area is 193 Å². The van der Waals surface area contributed by atoms with Crippen molar-refractivity contribution < 1.29 is 14.5 Å². The molecule has 3 rings (SSSR count). The van der Waals surface area contributed by atoms with Crippen molar-refractivity contribution in [2.24, 2.45) is 5.10 Å². The summed E-state index contributed by atoms with van der Waals surface area (Å²) in [6.45, 7) is 1.71. The second kappa shape index (κ2) is 10.0. The molecule has 2 N–H and O–H groups in total. The van der Waals surface area contributed by atoms with Crippen molar-refractivity contribution in [1.29, 1.82) is 0 Å². The van der Waals surface area contributed by atoms with Crippen molar-refractivity contribution in [1.82, 2.24) is 5.43 Å². The predicted octanol–water partition coefficient (Wildman–Crippen LogP) is 5.31. The molecule has 2 amide bonds. The van der Waals surface area contributed by atoms with Gasteiger partial charge in [0.15, 0.2) is 0 Å². The Bertz CT molecular complexity index is 1210. The van der Waals surface area contributed by atoms with Gasteiger partial charge in [-0.05, 0) is 55.0 Å². The highest BCUT2D eigenvalue weighted by Crippen LogP contribution is 2.22. The molecule has 3 aromatic rings. The van der Waals surface area contributed by atoms with E-state index in [1.165, 1.54) is 30.3 Å². The zero-order valence-corrected chi connectivity index (χ0v) is 18.1. The topological polar surface area (TPSA) is 114 Å². The van der Waals surface area contributed by atoms with Gasteiger partial charge in [0.05, 0.1) is 21.2 Å². The highest BCUT2D eigenvalue weighted by Gasteiger charge is 2.12. The standard InChI is InChI=1S/C22H16Cl2N4O4/c1-13(26-27-21(29)15-4-9-18(10-5-15)28(31)32)14-2-7-17(8-3-14)25-22(30)19-11-6-16(23)12-20(19)24/h2-12H,1H3,(H,25,30)(H,27,29)/b26-13-. The number of hydrazone groups is 1. The molecule has 0 fully saturated rings. The van der Waals surface area contributed by atoms with Crippen LogP contribution in [0.4, 0.5) is 11.4 Å². The van der Waals surface area contributed by atoms with Crippen molar-refractivity contribution in [2.75, 3.05) is 5.32 Å². The van der Waals surface area contributed by atoms with Crippen molar-refractivity contribution in [3.63, 3.8) is 0 Å². The molecule has 0 aliphatic carbocycles. The largest absolute Gasteiger partial charge is 0.322 e. The molecule has 0 saturated heterocycles. The number of carbonyl (C=O) groups is 2. The molecule has 0 aromatic heterocycles. The highest BCUT2D eigenvalue weighted by molar-refractivity contribution is 6.37. The number of non-ortho nitro benzene ring substituents is 1. The molecule has 32 heavy (non-hydrogen) atoms. The smallest absolute Gasteiger partial charge is 0.271 e. The number of anilines is 1. The van der Waals surface area contributed by atoms with Crippen LogP contribution >= 0.6 is 23.2 Å². The molecule has 162 valence electrons. The van der Waals surface area contributed by atoms with E-state index in [0.29, 0.717) is 22.0 Å². The number of halogens is 2. The number of hydrogen-bond acceptors (Lipinski definition) is 5. The van der Waals surface area contributed by atoms with E-state index in [0.717, 1.165) is 5.56 Å². The first-order valence-electron chi connectivity index (χ1n) is 9.20. The molecule has 0 unspecified atom stereocenters. The number of rotatable bonds is 6. The maximum Gasteiger partial charge on any atom is 0.271 e. The number of nitrogens with zero attached hydrogens (tertiary/aromatic N) is 2. The summed E-state index contributed by atoms with van der Waals surface area (Å²) in [6.07, 6.45) is 0. The molecule has 0 atom stereocenters. The van der Waals surface area contributed by atoms with Crippen LogP contribution in [0.15, 0.2) is 71.8 Å². The van der Waals surface area contributed by atoms with Crippen LogP contribution in [-0.2, 0) is 0 Å². The maximum atomic E-state index is 12.4. The fourth-order valence-electron chi connectivity index (χ4n) is 2.67. The summed E-state index contributed by atoms with van der Waals surface area (Å²) in [5, 5.41) is 18.2. The van der Waals surface area contributed by atoms with E-state index < -0.39 is 10.8 Å². The lowest BCUT2D eigenvalue weighted by Crippen LogP contribution is -2.19. The van der Waals surface area contributed by atoms with Gasteiger partial charge in [0.2, 0.25) is 0 Å². The Kier molecular flexibility index (Phi) is 7.19. The fraction of sp³-hybridized carbons (Fsp3) is 0.0455. The summed E-state index contributed by atoms with van der Waals surface area (Å²) in [4.78, 5) is 34.7. The van der Waals surface area contributed by atoms with Crippen LogP contribution in [0.2, 0.25) is 10.0 Å². The third kappa shape index (κ3) is 5.69. The molecule has 0 saturated carbocycles. The number of carbonyl (C=O) groups excluding carboxylic acids is 2. The van der Waals surface area contributed by atoms with E-state index >= 15 is 0 Å². The molecule has 0 aliphatic heterocycles. The Balaban J connectivity index is 1.63. The summed E-state index contributed by atoms with van der Waals surface area (Å²) in [5.41, 5.74) is 4.64. The van der Waals surface area contributed by atoms with Crippen LogP contribution < -0.4 is 10.7 Å². The number of hydrogen-bond donors (Lipinski definition) is 2. The normalized spacial score (nSPS) is 11.0. The maximum absolute atomic E-state index is 12.4. The van der Waals surface area contributed by atoms with Gasteiger partial charge in [-0.15, -0.1) is 0 Å². The first-order chi connectivity index (χ1) is 15.2. The molecule has 0 heterocycles. The van der Waals surface area contributed by atoms with Gasteiger partial charge in [-0.3, -0.25) is 19.7 Å². The Morgan fingerprint density at radius 3 is 2.12 bits per heavy atom. The van der Waals surface area contributed by atoms with E-state index in [9.17, 15) is 19.7 Å². The number of nitro groups is 1. The second-order valence-electron chi connectivity index (χ2n) is 6.60. The molecule has 3 aromatic carbocycles. The monoisotopic (exact) mass is 470 g/mol. The fourth-order valence-corrected chi connectivity index (χ4v) is 3.16. The van der Waals surface area contributed by atoms with Gasteiger partial charge < -0.3 is 5.32 Å². The van der Waals surface area contributed by atoms with Crippen molar-refractivity contribution >= 4 is 52.1 Å². The summed E-state index contributed by atoms with van der Waals surface area (Å²) < 4.78 is 0.